The van der Waals surface area contributed by atoms with Crippen molar-refractivity contribution in [3.63, 3.8) is 0 Å². The molecule has 4 rings (SSSR count). The molecule has 0 unspecified atom stereocenters. The first-order valence-electron chi connectivity index (χ1n) is 7.16. The monoisotopic (exact) mass is 392 g/mol. The van der Waals surface area contributed by atoms with Crippen molar-refractivity contribution < 1.29 is 13.0 Å². The predicted octanol–water partition coefficient (Wildman–Crippen LogP) is 3.90. The van der Waals surface area contributed by atoms with E-state index < -0.39 is 10.1 Å². The minimum atomic E-state index is -4.22. The smallest absolute Gasteiger partial charge is 0.282 e. The maximum atomic E-state index is 11.2. The minimum absolute atomic E-state index is 0.148. The quantitative estimate of drug-likeness (QED) is 0.357. The molecule has 0 saturated heterocycles. The number of benzene rings is 2. The van der Waals surface area contributed by atoms with Crippen molar-refractivity contribution in [2.24, 2.45) is 0 Å². The molecule has 0 radical (unpaired) electrons. The van der Waals surface area contributed by atoms with Gasteiger partial charge in [0, 0.05) is 0 Å². The Morgan fingerprint density at radius 2 is 1.48 bits per heavy atom. The molecule has 25 heavy (non-hydrogen) atoms. The summed E-state index contributed by atoms with van der Waals surface area (Å²) < 4.78 is 33.3. The van der Waals surface area contributed by atoms with E-state index in [1.807, 2.05) is 19.1 Å². The summed E-state index contributed by atoms with van der Waals surface area (Å²) in [7, 11) is -4.22. The van der Waals surface area contributed by atoms with Crippen molar-refractivity contribution in [3.8, 4) is 0 Å². The Kier molecular flexibility index (Phi) is 3.84. The number of nitrogens with zero attached hydrogens (tertiary/aromatic N) is 2. The molecule has 0 bridgehead atoms. The van der Waals surface area contributed by atoms with E-state index in [-0.39, 0.29) is 4.90 Å². The number of rotatable bonds is 4. The van der Waals surface area contributed by atoms with Crippen LogP contribution in [0.2, 0.25) is 0 Å². The number of hydrazine groups is 1. The highest BCUT2D eigenvalue weighted by atomic mass is 32.2. The van der Waals surface area contributed by atoms with Gasteiger partial charge in [-0.05, 0) is 42.8 Å². The van der Waals surface area contributed by atoms with Gasteiger partial charge in [0.1, 0.15) is 0 Å². The molecule has 10 heteroatoms. The Labute approximate surface area is 151 Å². The first kappa shape index (κ1) is 16.2. The lowest BCUT2D eigenvalue weighted by molar-refractivity contribution is 0.483. The summed E-state index contributed by atoms with van der Waals surface area (Å²) >= 11 is 2.80. The number of nitrogens with one attached hydrogen (secondary N) is 2. The van der Waals surface area contributed by atoms with Crippen molar-refractivity contribution in [1.29, 1.82) is 0 Å². The number of hydrogen-bond donors (Lipinski definition) is 3. The van der Waals surface area contributed by atoms with Crippen LogP contribution < -0.4 is 10.9 Å². The van der Waals surface area contributed by atoms with Crippen LogP contribution in [-0.4, -0.2) is 22.9 Å². The summed E-state index contributed by atoms with van der Waals surface area (Å²) in [6, 6.07) is 10.3. The van der Waals surface area contributed by atoms with Gasteiger partial charge in [-0.1, -0.05) is 28.7 Å². The summed E-state index contributed by atoms with van der Waals surface area (Å²) in [6.45, 7) is 2.03. The molecular weight excluding hydrogens is 380 g/mol. The Balaban J connectivity index is 1.57. The lowest BCUT2D eigenvalue weighted by Crippen LogP contribution is -2.07. The molecule has 2 heterocycles. The fourth-order valence-corrected chi connectivity index (χ4v) is 4.67. The first-order valence-corrected chi connectivity index (χ1v) is 10.2. The zero-order valence-corrected chi connectivity index (χ0v) is 15.3. The molecule has 4 aromatic rings. The molecule has 128 valence electrons. The highest BCUT2D eigenvalue weighted by Gasteiger charge is 2.12. The maximum absolute atomic E-state index is 11.2. The standard InChI is InChI=1S/C15H12N4O3S3/c1-8-2-4-10-12(6-8)23-14(16-10)18-19-15-17-11-5-3-9(25(20,21)22)7-13(11)24-15/h2-7H,1H3,(H,16,18)(H,17,19)(H,20,21,22). The number of aromatic nitrogens is 2. The van der Waals surface area contributed by atoms with E-state index in [1.165, 1.54) is 40.4 Å². The van der Waals surface area contributed by atoms with Crippen LogP contribution in [0.25, 0.3) is 20.4 Å². The Hall–Kier alpha value is -2.27. The van der Waals surface area contributed by atoms with E-state index in [9.17, 15) is 8.42 Å². The highest BCUT2D eigenvalue weighted by Crippen LogP contribution is 2.30. The second-order valence-corrected chi connectivity index (χ2v) is 8.85. The number of fused-ring (bicyclic) bond motifs is 2. The van der Waals surface area contributed by atoms with Crippen molar-refractivity contribution >= 4 is 63.5 Å². The molecule has 0 spiro atoms. The maximum Gasteiger partial charge on any atom is 0.294 e. The summed E-state index contributed by atoms with van der Waals surface area (Å²) in [5.74, 6) is 0. The van der Waals surface area contributed by atoms with E-state index in [0.29, 0.717) is 20.5 Å². The average molecular weight is 392 g/mol. The lowest BCUT2D eigenvalue weighted by Gasteiger charge is -2.01. The van der Waals surface area contributed by atoms with Crippen molar-refractivity contribution in [2.45, 2.75) is 11.8 Å². The fraction of sp³-hybridized carbons (Fsp3) is 0.0667. The molecule has 0 fully saturated rings. The predicted molar refractivity (Wildman–Crippen MR) is 101 cm³/mol. The highest BCUT2D eigenvalue weighted by molar-refractivity contribution is 7.85. The molecule has 2 aromatic heterocycles. The number of anilines is 2. The number of aryl methyl sites for hydroxylation is 1. The van der Waals surface area contributed by atoms with Gasteiger partial charge in [-0.2, -0.15) is 8.42 Å². The van der Waals surface area contributed by atoms with Gasteiger partial charge < -0.3 is 0 Å². The minimum Gasteiger partial charge on any atom is -0.282 e. The Morgan fingerprint density at radius 1 is 0.920 bits per heavy atom. The summed E-state index contributed by atoms with van der Waals surface area (Å²) in [5.41, 5.74) is 8.73. The molecule has 7 nitrogen and oxygen atoms in total. The van der Waals surface area contributed by atoms with Crippen molar-refractivity contribution in [3.05, 3.63) is 42.0 Å². The van der Waals surface area contributed by atoms with Gasteiger partial charge in [-0.25, -0.2) is 9.97 Å². The van der Waals surface area contributed by atoms with Crippen LogP contribution in [0.5, 0.6) is 0 Å². The van der Waals surface area contributed by atoms with E-state index in [4.69, 9.17) is 4.55 Å². The number of hydrogen-bond acceptors (Lipinski definition) is 8. The van der Waals surface area contributed by atoms with Gasteiger partial charge in [0.15, 0.2) is 0 Å². The summed E-state index contributed by atoms with van der Waals surface area (Å²) in [4.78, 5) is 8.69. The van der Waals surface area contributed by atoms with Crippen molar-refractivity contribution in [1.82, 2.24) is 9.97 Å². The van der Waals surface area contributed by atoms with Gasteiger partial charge in [-0.15, -0.1) is 0 Å². The van der Waals surface area contributed by atoms with Gasteiger partial charge >= 0.3 is 0 Å². The first-order chi connectivity index (χ1) is 11.9. The molecule has 0 saturated carbocycles. The molecule has 0 aliphatic carbocycles. The van der Waals surface area contributed by atoms with E-state index in [2.05, 4.69) is 26.9 Å². The van der Waals surface area contributed by atoms with Crippen LogP contribution in [0.3, 0.4) is 0 Å². The van der Waals surface area contributed by atoms with E-state index in [0.717, 1.165) is 10.2 Å². The third-order valence-electron chi connectivity index (χ3n) is 3.48. The second kappa shape index (κ2) is 5.92. The van der Waals surface area contributed by atoms with Gasteiger partial charge in [0.2, 0.25) is 10.3 Å². The second-order valence-electron chi connectivity index (χ2n) is 5.36. The SMILES string of the molecule is Cc1ccc2nc(NNc3nc4ccc(S(=O)(=O)O)cc4s3)sc2c1. The third-order valence-corrected chi connectivity index (χ3v) is 6.19. The lowest BCUT2D eigenvalue weighted by atomic mass is 10.2. The molecule has 3 N–H and O–H groups in total. The average Bonchev–Trinajstić information content (AvgIpc) is 3.13. The normalized spacial score (nSPS) is 11.9. The van der Waals surface area contributed by atoms with Crippen LogP contribution in [0.1, 0.15) is 5.56 Å². The molecule has 0 atom stereocenters. The van der Waals surface area contributed by atoms with Crippen LogP contribution in [0.4, 0.5) is 10.3 Å². The zero-order chi connectivity index (χ0) is 17.6. The van der Waals surface area contributed by atoms with Crippen LogP contribution in [0, 0.1) is 6.92 Å². The van der Waals surface area contributed by atoms with E-state index >= 15 is 0 Å². The Morgan fingerprint density at radius 3 is 2.08 bits per heavy atom. The number of thiazole rings is 2. The van der Waals surface area contributed by atoms with E-state index in [1.54, 1.807) is 6.07 Å². The topological polar surface area (TPSA) is 104 Å². The van der Waals surface area contributed by atoms with Crippen LogP contribution in [0.15, 0.2) is 41.3 Å². The van der Waals surface area contributed by atoms with Gasteiger partial charge in [0.25, 0.3) is 10.1 Å². The van der Waals surface area contributed by atoms with Crippen LogP contribution in [-0.2, 0) is 10.1 Å². The fourth-order valence-electron chi connectivity index (χ4n) is 2.31. The molecule has 2 aromatic carbocycles. The molecule has 0 aliphatic heterocycles. The van der Waals surface area contributed by atoms with Crippen molar-refractivity contribution in [2.75, 3.05) is 10.9 Å². The summed E-state index contributed by atoms with van der Waals surface area (Å²) in [6.07, 6.45) is 0. The van der Waals surface area contributed by atoms with Crippen LogP contribution >= 0.6 is 22.7 Å². The Bertz CT molecular complexity index is 1200. The van der Waals surface area contributed by atoms with Gasteiger partial charge in [0.05, 0.1) is 25.3 Å². The molecule has 0 amide bonds. The third kappa shape index (κ3) is 3.29. The molecule has 0 aliphatic rings. The zero-order valence-electron chi connectivity index (χ0n) is 12.8. The summed E-state index contributed by atoms with van der Waals surface area (Å²) in [5, 5.41) is 1.27. The van der Waals surface area contributed by atoms with Gasteiger partial charge in [-0.3, -0.25) is 15.4 Å². The largest absolute Gasteiger partial charge is 0.294 e. The molecular formula is C15H12N4O3S3.